The molecule has 2 aliphatic rings. The van der Waals surface area contributed by atoms with Crippen molar-refractivity contribution in [3.8, 4) is 0 Å². The van der Waals surface area contributed by atoms with E-state index < -0.39 is 28.9 Å². The molecule has 1 heterocycles. The summed E-state index contributed by atoms with van der Waals surface area (Å²) in [6, 6.07) is 3.48. The molecule has 1 saturated heterocycles. The van der Waals surface area contributed by atoms with Crippen molar-refractivity contribution >= 4 is 11.9 Å². The van der Waals surface area contributed by atoms with Gasteiger partial charge >= 0.3 is 5.97 Å². The van der Waals surface area contributed by atoms with Crippen molar-refractivity contribution < 1.29 is 23.5 Å². The standard InChI is InChI=1S/C16H17F2NO3/c17-12-4-1-5-13(18)11(12)7-14(20)19-8-10-3-2-6-16(10,9-19)15(21)22/h1,4-5,10H,2-3,6-9H2,(H,21,22)/t10-,16+/m0/s1. The molecule has 6 heteroatoms. The van der Waals surface area contributed by atoms with Gasteiger partial charge < -0.3 is 10.0 Å². The Morgan fingerprint density at radius 1 is 1.32 bits per heavy atom. The van der Waals surface area contributed by atoms with Gasteiger partial charge in [-0.05, 0) is 30.9 Å². The van der Waals surface area contributed by atoms with Gasteiger partial charge in [0, 0.05) is 18.7 Å². The summed E-state index contributed by atoms with van der Waals surface area (Å²) in [7, 11) is 0. The summed E-state index contributed by atoms with van der Waals surface area (Å²) in [6.07, 6.45) is 1.82. The van der Waals surface area contributed by atoms with E-state index in [0.29, 0.717) is 13.0 Å². The van der Waals surface area contributed by atoms with E-state index in [2.05, 4.69) is 0 Å². The van der Waals surface area contributed by atoms with Gasteiger partial charge in [0.1, 0.15) is 11.6 Å². The smallest absolute Gasteiger partial charge is 0.311 e. The fourth-order valence-electron chi connectivity index (χ4n) is 3.79. The minimum atomic E-state index is -0.873. The number of hydrogen-bond acceptors (Lipinski definition) is 2. The summed E-state index contributed by atoms with van der Waals surface area (Å²) in [5.41, 5.74) is -1.13. The highest BCUT2D eigenvalue weighted by atomic mass is 19.1. The third-order valence-electron chi connectivity index (χ3n) is 5.04. The van der Waals surface area contributed by atoms with Gasteiger partial charge in [0.05, 0.1) is 11.8 Å². The molecule has 2 atom stereocenters. The van der Waals surface area contributed by atoms with Gasteiger partial charge in [0.2, 0.25) is 5.91 Å². The van der Waals surface area contributed by atoms with Gasteiger partial charge in [-0.25, -0.2) is 8.78 Å². The molecular formula is C16H17F2NO3. The van der Waals surface area contributed by atoms with Crippen LogP contribution in [0.15, 0.2) is 18.2 Å². The lowest BCUT2D eigenvalue weighted by Gasteiger charge is -2.23. The second kappa shape index (κ2) is 5.34. The Hall–Kier alpha value is -1.98. The zero-order valence-corrected chi connectivity index (χ0v) is 12.0. The molecule has 0 unspecified atom stereocenters. The largest absolute Gasteiger partial charge is 0.481 e. The molecule has 1 saturated carbocycles. The van der Waals surface area contributed by atoms with Gasteiger partial charge in [0.25, 0.3) is 0 Å². The summed E-state index contributed by atoms with van der Waals surface area (Å²) in [6.45, 7) is 0.503. The first-order chi connectivity index (χ1) is 10.4. The van der Waals surface area contributed by atoms with Crippen molar-refractivity contribution in [1.82, 2.24) is 4.90 Å². The van der Waals surface area contributed by atoms with E-state index in [9.17, 15) is 23.5 Å². The molecule has 118 valence electrons. The fourth-order valence-corrected chi connectivity index (χ4v) is 3.79. The number of carbonyl (C=O) groups is 2. The SMILES string of the molecule is O=C(Cc1c(F)cccc1F)N1C[C@@H]2CCC[C@@]2(C(=O)O)C1. The van der Waals surface area contributed by atoms with Crippen molar-refractivity contribution in [3.05, 3.63) is 35.4 Å². The number of hydrogen-bond donors (Lipinski definition) is 1. The summed E-state index contributed by atoms with van der Waals surface area (Å²) in [5, 5.41) is 9.49. The number of likely N-dealkylation sites (tertiary alicyclic amines) is 1. The fraction of sp³-hybridized carbons (Fsp3) is 0.500. The number of aliphatic carboxylic acids is 1. The van der Waals surface area contributed by atoms with E-state index in [0.717, 1.165) is 25.0 Å². The third-order valence-corrected chi connectivity index (χ3v) is 5.04. The molecule has 4 nitrogen and oxygen atoms in total. The normalized spacial score (nSPS) is 27.0. The van der Waals surface area contributed by atoms with Crippen LogP contribution >= 0.6 is 0 Å². The zero-order chi connectivity index (χ0) is 15.9. The van der Waals surface area contributed by atoms with Crippen LogP contribution in [-0.2, 0) is 16.0 Å². The van der Waals surface area contributed by atoms with E-state index in [4.69, 9.17) is 0 Å². The molecule has 1 aromatic carbocycles. The average molecular weight is 309 g/mol. The van der Waals surface area contributed by atoms with E-state index in [1.165, 1.54) is 11.0 Å². The van der Waals surface area contributed by atoms with Crippen LogP contribution in [0.5, 0.6) is 0 Å². The van der Waals surface area contributed by atoms with Crippen LogP contribution < -0.4 is 0 Å². The van der Waals surface area contributed by atoms with Gasteiger partial charge in [-0.15, -0.1) is 0 Å². The number of benzene rings is 1. The molecule has 1 amide bonds. The summed E-state index contributed by atoms with van der Waals surface area (Å²) in [5.74, 6) is -2.85. The molecule has 1 N–H and O–H groups in total. The molecule has 22 heavy (non-hydrogen) atoms. The Kier molecular flexibility index (Phi) is 3.62. The maximum absolute atomic E-state index is 13.6. The quantitative estimate of drug-likeness (QED) is 0.931. The Labute approximate surface area is 126 Å². The highest BCUT2D eigenvalue weighted by molar-refractivity contribution is 5.82. The van der Waals surface area contributed by atoms with E-state index in [1.807, 2.05) is 0 Å². The summed E-state index contributed by atoms with van der Waals surface area (Å²) >= 11 is 0. The number of amides is 1. The van der Waals surface area contributed by atoms with Crippen molar-refractivity contribution in [2.75, 3.05) is 13.1 Å². The van der Waals surface area contributed by atoms with Crippen molar-refractivity contribution in [2.45, 2.75) is 25.7 Å². The lowest BCUT2D eigenvalue weighted by Crippen LogP contribution is -2.37. The second-order valence-corrected chi connectivity index (χ2v) is 6.20. The van der Waals surface area contributed by atoms with Crippen LogP contribution in [0.1, 0.15) is 24.8 Å². The number of rotatable bonds is 3. The van der Waals surface area contributed by atoms with Crippen LogP contribution in [0.3, 0.4) is 0 Å². The van der Waals surface area contributed by atoms with Crippen molar-refractivity contribution in [3.63, 3.8) is 0 Å². The number of carboxylic acid groups (broad SMARTS) is 1. The molecular weight excluding hydrogens is 292 g/mol. The van der Waals surface area contributed by atoms with Crippen LogP contribution in [0.2, 0.25) is 0 Å². The van der Waals surface area contributed by atoms with Crippen LogP contribution in [-0.4, -0.2) is 35.0 Å². The Bertz CT molecular complexity index is 614. The van der Waals surface area contributed by atoms with E-state index in [-0.39, 0.29) is 24.4 Å². The Morgan fingerprint density at radius 2 is 2.00 bits per heavy atom. The van der Waals surface area contributed by atoms with Crippen molar-refractivity contribution in [1.29, 1.82) is 0 Å². The van der Waals surface area contributed by atoms with Crippen LogP contribution in [0.4, 0.5) is 8.78 Å². The van der Waals surface area contributed by atoms with Gasteiger partial charge in [-0.2, -0.15) is 0 Å². The molecule has 3 rings (SSSR count). The first-order valence-electron chi connectivity index (χ1n) is 7.38. The number of carboxylic acids is 1. The average Bonchev–Trinajstić information content (AvgIpc) is 3.00. The van der Waals surface area contributed by atoms with Gasteiger partial charge in [-0.3, -0.25) is 9.59 Å². The molecule has 0 radical (unpaired) electrons. The first-order valence-corrected chi connectivity index (χ1v) is 7.38. The maximum Gasteiger partial charge on any atom is 0.311 e. The molecule has 0 bridgehead atoms. The monoisotopic (exact) mass is 309 g/mol. The topological polar surface area (TPSA) is 57.6 Å². The highest BCUT2D eigenvalue weighted by Crippen LogP contribution is 2.48. The lowest BCUT2D eigenvalue weighted by molar-refractivity contribution is -0.149. The lowest BCUT2D eigenvalue weighted by atomic mass is 9.81. The van der Waals surface area contributed by atoms with E-state index >= 15 is 0 Å². The second-order valence-electron chi connectivity index (χ2n) is 6.20. The predicted octanol–water partition coefficient (Wildman–Crippen LogP) is 2.22. The molecule has 0 spiro atoms. The summed E-state index contributed by atoms with van der Waals surface area (Å²) in [4.78, 5) is 25.3. The number of fused-ring (bicyclic) bond motifs is 1. The molecule has 1 aliphatic heterocycles. The first kappa shape index (κ1) is 14.9. The number of halogens is 2. The van der Waals surface area contributed by atoms with Crippen LogP contribution in [0.25, 0.3) is 0 Å². The predicted molar refractivity (Wildman–Crippen MR) is 74.1 cm³/mol. The highest BCUT2D eigenvalue weighted by Gasteiger charge is 2.55. The summed E-state index contributed by atoms with van der Waals surface area (Å²) < 4.78 is 27.3. The molecule has 2 fully saturated rings. The Morgan fingerprint density at radius 3 is 2.59 bits per heavy atom. The van der Waals surface area contributed by atoms with Crippen molar-refractivity contribution in [2.24, 2.45) is 11.3 Å². The molecule has 0 aromatic heterocycles. The van der Waals surface area contributed by atoms with Gasteiger partial charge in [-0.1, -0.05) is 12.5 Å². The Balaban J connectivity index is 1.76. The van der Waals surface area contributed by atoms with Gasteiger partial charge in [0.15, 0.2) is 0 Å². The minimum absolute atomic E-state index is 0.0561. The number of nitrogens with zero attached hydrogens (tertiary/aromatic N) is 1. The minimum Gasteiger partial charge on any atom is -0.481 e. The van der Waals surface area contributed by atoms with E-state index in [1.54, 1.807) is 0 Å². The third kappa shape index (κ3) is 2.26. The maximum atomic E-state index is 13.6. The van der Waals surface area contributed by atoms with Crippen LogP contribution in [0, 0.1) is 23.0 Å². The number of carbonyl (C=O) groups excluding carboxylic acids is 1. The molecule has 1 aromatic rings. The zero-order valence-electron chi connectivity index (χ0n) is 12.0. The molecule has 1 aliphatic carbocycles.